The van der Waals surface area contributed by atoms with Crippen molar-refractivity contribution in [1.82, 2.24) is 14.9 Å². The minimum Gasteiger partial charge on any atom is -0.479 e. The molecule has 1 aromatic heterocycles. The summed E-state index contributed by atoms with van der Waals surface area (Å²) in [5.41, 5.74) is 6.06. The minimum atomic E-state index is -3.17. The SMILES string of the molecule is CN1CCC(Oc2c(OC(F)F)ccc3ncnc(N)c23)C(F)(F)C1. The van der Waals surface area contributed by atoms with Crippen molar-refractivity contribution in [3.05, 3.63) is 18.5 Å². The van der Waals surface area contributed by atoms with Gasteiger partial charge < -0.3 is 20.1 Å². The maximum atomic E-state index is 14.3. The molecule has 0 amide bonds. The third-order valence-electron chi connectivity index (χ3n) is 3.95. The van der Waals surface area contributed by atoms with E-state index in [4.69, 9.17) is 10.5 Å². The van der Waals surface area contributed by atoms with Crippen LogP contribution >= 0.6 is 0 Å². The number of piperidine rings is 1. The maximum absolute atomic E-state index is 14.3. The lowest BCUT2D eigenvalue weighted by atomic mass is 10.0. The normalized spacial score (nSPS) is 20.8. The summed E-state index contributed by atoms with van der Waals surface area (Å²) in [6, 6.07) is 2.56. The van der Waals surface area contributed by atoms with Crippen molar-refractivity contribution in [2.75, 3.05) is 25.9 Å². The highest BCUT2D eigenvalue weighted by Gasteiger charge is 2.46. The van der Waals surface area contributed by atoms with Crippen LogP contribution in [0.25, 0.3) is 10.9 Å². The molecule has 1 aliphatic rings. The molecule has 10 heteroatoms. The number of nitrogens with zero attached hydrogens (tertiary/aromatic N) is 3. The van der Waals surface area contributed by atoms with Gasteiger partial charge in [0.1, 0.15) is 12.1 Å². The molecule has 25 heavy (non-hydrogen) atoms. The average molecular weight is 360 g/mol. The molecule has 2 heterocycles. The maximum Gasteiger partial charge on any atom is 0.387 e. The quantitative estimate of drug-likeness (QED) is 0.845. The van der Waals surface area contributed by atoms with Gasteiger partial charge in [-0.1, -0.05) is 0 Å². The molecule has 136 valence electrons. The third kappa shape index (κ3) is 3.53. The summed E-state index contributed by atoms with van der Waals surface area (Å²) in [6.07, 6.45) is -0.310. The highest BCUT2D eigenvalue weighted by atomic mass is 19.3. The Kier molecular flexibility index (Phi) is 4.55. The summed E-state index contributed by atoms with van der Waals surface area (Å²) in [4.78, 5) is 9.20. The summed E-state index contributed by atoms with van der Waals surface area (Å²) in [5.74, 6) is -3.93. The van der Waals surface area contributed by atoms with Crippen LogP contribution in [0.4, 0.5) is 23.4 Å². The summed E-state index contributed by atoms with van der Waals surface area (Å²) in [7, 11) is 1.57. The van der Waals surface area contributed by atoms with E-state index >= 15 is 0 Å². The van der Waals surface area contributed by atoms with Gasteiger partial charge in [0, 0.05) is 13.0 Å². The highest BCUT2D eigenvalue weighted by Crippen LogP contribution is 2.41. The number of likely N-dealkylation sites (tertiary alicyclic amines) is 1. The van der Waals surface area contributed by atoms with Crippen LogP contribution in [0.5, 0.6) is 11.5 Å². The first kappa shape index (κ1) is 17.5. The van der Waals surface area contributed by atoms with Gasteiger partial charge in [-0.2, -0.15) is 8.78 Å². The molecule has 1 atom stereocenters. The van der Waals surface area contributed by atoms with E-state index < -0.39 is 30.9 Å². The van der Waals surface area contributed by atoms with E-state index in [9.17, 15) is 17.6 Å². The fraction of sp³-hybridized carbons (Fsp3) is 0.467. The predicted octanol–water partition coefficient (Wildman–Crippen LogP) is 2.53. The Balaban J connectivity index is 2.06. The molecule has 6 nitrogen and oxygen atoms in total. The zero-order chi connectivity index (χ0) is 18.2. The standard InChI is InChI=1S/C15H16F4N4O2/c1-23-5-4-10(15(18,19)6-23)25-12-9(24-14(16)17)3-2-8-11(12)13(20)22-7-21-8/h2-3,7,10,14H,4-6H2,1H3,(H2,20,21,22). The van der Waals surface area contributed by atoms with Crippen LogP contribution in [0.2, 0.25) is 0 Å². The highest BCUT2D eigenvalue weighted by molar-refractivity contribution is 5.95. The number of ether oxygens (including phenoxy) is 2. The predicted molar refractivity (Wildman–Crippen MR) is 82.1 cm³/mol. The number of nitrogen functional groups attached to an aromatic ring is 1. The number of alkyl halides is 4. The summed E-state index contributed by atoms with van der Waals surface area (Å²) in [6.45, 7) is -3.27. The molecule has 1 fully saturated rings. The van der Waals surface area contributed by atoms with Crippen molar-refractivity contribution in [2.45, 2.75) is 25.1 Å². The number of hydrogen-bond acceptors (Lipinski definition) is 6. The number of rotatable bonds is 4. The zero-order valence-electron chi connectivity index (χ0n) is 13.3. The van der Waals surface area contributed by atoms with E-state index in [1.54, 1.807) is 7.05 Å². The lowest BCUT2D eigenvalue weighted by Crippen LogP contribution is -2.52. The Morgan fingerprint density at radius 1 is 1.32 bits per heavy atom. The van der Waals surface area contributed by atoms with Crippen LogP contribution in [0.15, 0.2) is 18.5 Å². The van der Waals surface area contributed by atoms with E-state index in [1.165, 1.54) is 23.4 Å². The van der Waals surface area contributed by atoms with Crippen LogP contribution in [-0.2, 0) is 0 Å². The Labute approximate surface area is 140 Å². The summed E-state index contributed by atoms with van der Waals surface area (Å²) < 4.78 is 63.8. The second-order valence-corrected chi connectivity index (χ2v) is 5.82. The first-order valence-electron chi connectivity index (χ1n) is 7.49. The van der Waals surface area contributed by atoms with Gasteiger partial charge in [0.2, 0.25) is 0 Å². The lowest BCUT2D eigenvalue weighted by Gasteiger charge is -2.36. The van der Waals surface area contributed by atoms with Crippen molar-refractivity contribution >= 4 is 16.7 Å². The van der Waals surface area contributed by atoms with Crippen molar-refractivity contribution < 1.29 is 27.0 Å². The average Bonchev–Trinajstić information content (AvgIpc) is 2.51. The molecule has 0 bridgehead atoms. The number of halogens is 4. The van der Waals surface area contributed by atoms with E-state index in [0.717, 1.165) is 0 Å². The molecule has 1 unspecified atom stereocenters. The monoisotopic (exact) mass is 360 g/mol. The van der Waals surface area contributed by atoms with Crippen molar-refractivity contribution in [3.63, 3.8) is 0 Å². The van der Waals surface area contributed by atoms with Gasteiger partial charge in [0.05, 0.1) is 17.4 Å². The van der Waals surface area contributed by atoms with Gasteiger partial charge in [-0.15, -0.1) is 0 Å². The zero-order valence-corrected chi connectivity index (χ0v) is 13.3. The van der Waals surface area contributed by atoms with E-state index in [-0.39, 0.29) is 28.9 Å². The molecule has 1 aromatic carbocycles. The van der Waals surface area contributed by atoms with Crippen molar-refractivity contribution in [1.29, 1.82) is 0 Å². The summed E-state index contributed by atoms with van der Waals surface area (Å²) in [5, 5.41) is 0.0652. The van der Waals surface area contributed by atoms with Crippen molar-refractivity contribution in [2.24, 2.45) is 0 Å². The van der Waals surface area contributed by atoms with Gasteiger partial charge in [0.25, 0.3) is 5.92 Å². The van der Waals surface area contributed by atoms with Crippen LogP contribution < -0.4 is 15.2 Å². The number of benzene rings is 1. The number of hydrogen-bond donors (Lipinski definition) is 1. The molecule has 0 radical (unpaired) electrons. The second-order valence-electron chi connectivity index (χ2n) is 5.82. The molecule has 1 saturated heterocycles. The van der Waals surface area contributed by atoms with Crippen LogP contribution in [0, 0.1) is 0 Å². The Hall–Kier alpha value is -2.36. The van der Waals surface area contributed by atoms with Crippen molar-refractivity contribution in [3.8, 4) is 11.5 Å². The first-order valence-corrected chi connectivity index (χ1v) is 7.49. The van der Waals surface area contributed by atoms with Crippen LogP contribution in [0.1, 0.15) is 6.42 Å². The Bertz CT molecular complexity index is 775. The molecule has 2 aromatic rings. The lowest BCUT2D eigenvalue weighted by molar-refractivity contribution is -0.136. The molecule has 2 N–H and O–H groups in total. The molecule has 0 spiro atoms. The molecule has 0 saturated carbocycles. The Morgan fingerprint density at radius 3 is 2.76 bits per heavy atom. The topological polar surface area (TPSA) is 73.5 Å². The largest absolute Gasteiger partial charge is 0.479 e. The van der Waals surface area contributed by atoms with E-state index in [0.29, 0.717) is 6.54 Å². The number of fused-ring (bicyclic) bond motifs is 1. The molecule has 1 aliphatic heterocycles. The number of nitrogens with two attached hydrogens (primary N) is 1. The van der Waals surface area contributed by atoms with Gasteiger partial charge in [0.15, 0.2) is 17.6 Å². The minimum absolute atomic E-state index is 0.0155. The first-order chi connectivity index (χ1) is 11.8. The van der Waals surface area contributed by atoms with Crippen LogP contribution in [0.3, 0.4) is 0 Å². The van der Waals surface area contributed by atoms with Gasteiger partial charge in [-0.05, 0) is 19.2 Å². The molecular weight excluding hydrogens is 344 g/mol. The fourth-order valence-electron chi connectivity index (χ4n) is 2.81. The number of anilines is 1. The third-order valence-corrected chi connectivity index (χ3v) is 3.95. The second kappa shape index (κ2) is 6.51. The van der Waals surface area contributed by atoms with Gasteiger partial charge in [-0.3, -0.25) is 0 Å². The Morgan fingerprint density at radius 2 is 2.08 bits per heavy atom. The smallest absolute Gasteiger partial charge is 0.387 e. The summed E-state index contributed by atoms with van der Waals surface area (Å²) >= 11 is 0. The van der Waals surface area contributed by atoms with Gasteiger partial charge in [-0.25, -0.2) is 18.7 Å². The number of aromatic nitrogens is 2. The van der Waals surface area contributed by atoms with E-state index in [2.05, 4.69) is 14.7 Å². The van der Waals surface area contributed by atoms with E-state index in [1.807, 2.05) is 0 Å². The van der Waals surface area contributed by atoms with Crippen LogP contribution in [-0.4, -0.2) is 53.6 Å². The molecular formula is C15H16F4N4O2. The molecule has 0 aliphatic carbocycles. The van der Waals surface area contributed by atoms with Gasteiger partial charge >= 0.3 is 6.61 Å². The fourth-order valence-corrected chi connectivity index (χ4v) is 2.81. The molecule has 3 rings (SSSR count).